The lowest BCUT2D eigenvalue weighted by Crippen LogP contribution is -2.49. The number of rotatable bonds is 4. The fraction of sp³-hybridized carbons (Fsp3) is 0.821. The van der Waals surface area contributed by atoms with Crippen molar-refractivity contribution in [3.8, 4) is 0 Å². The summed E-state index contributed by atoms with van der Waals surface area (Å²) in [6, 6.07) is 0. The third-order valence-corrected chi connectivity index (χ3v) is 10.4. The Labute approximate surface area is 179 Å². The maximum atomic E-state index is 12.1. The molecule has 0 aromatic carbocycles. The van der Waals surface area contributed by atoms with E-state index in [-0.39, 0.29) is 0 Å². The van der Waals surface area contributed by atoms with Crippen LogP contribution in [0.25, 0.3) is 0 Å². The van der Waals surface area contributed by atoms with E-state index in [1.54, 1.807) is 0 Å². The number of hydrogen-bond donors (Lipinski definition) is 0. The Morgan fingerprint density at radius 1 is 0.966 bits per heavy atom. The molecular formula is C28H44O. The summed E-state index contributed by atoms with van der Waals surface area (Å²) < 4.78 is 0. The summed E-state index contributed by atoms with van der Waals surface area (Å²) in [5, 5.41) is 0. The minimum atomic E-state index is 0.385. The van der Waals surface area contributed by atoms with Crippen molar-refractivity contribution in [1.82, 2.24) is 0 Å². The molecule has 3 fully saturated rings. The van der Waals surface area contributed by atoms with Crippen LogP contribution in [0.4, 0.5) is 0 Å². The average Bonchev–Trinajstić information content (AvgIpc) is 3.03. The summed E-state index contributed by atoms with van der Waals surface area (Å²) in [6.07, 6.45) is 17.2. The van der Waals surface area contributed by atoms with Crippen LogP contribution >= 0.6 is 0 Å². The van der Waals surface area contributed by atoms with Crippen LogP contribution in [0.1, 0.15) is 92.9 Å². The molecule has 162 valence electrons. The Morgan fingerprint density at radius 3 is 2.41 bits per heavy atom. The number of carbonyl (C=O) groups excluding carboxylic acids is 1. The van der Waals surface area contributed by atoms with Crippen LogP contribution < -0.4 is 0 Å². The van der Waals surface area contributed by atoms with Crippen LogP contribution in [0.2, 0.25) is 0 Å². The molecule has 4 aliphatic rings. The van der Waals surface area contributed by atoms with Gasteiger partial charge in [0.15, 0.2) is 0 Å². The summed E-state index contributed by atoms with van der Waals surface area (Å²) in [5.41, 5.74) is 2.68. The monoisotopic (exact) mass is 396 g/mol. The van der Waals surface area contributed by atoms with E-state index < -0.39 is 0 Å². The lowest BCUT2D eigenvalue weighted by atomic mass is 9.48. The number of Topliss-reactive ketones (excluding diaryl/α,β-unsaturated/α-hetero) is 1. The Kier molecular flexibility index (Phi) is 5.67. The predicted molar refractivity (Wildman–Crippen MR) is 123 cm³/mol. The molecule has 0 aliphatic heterocycles. The molecule has 4 aliphatic carbocycles. The van der Waals surface area contributed by atoms with Crippen molar-refractivity contribution in [2.45, 2.75) is 92.9 Å². The summed E-state index contributed by atoms with van der Waals surface area (Å²) in [4.78, 5) is 12.1. The normalized spacial score (nSPS) is 44.2. The van der Waals surface area contributed by atoms with Gasteiger partial charge in [0.1, 0.15) is 5.78 Å². The van der Waals surface area contributed by atoms with Gasteiger partial charge in [0.2, 0.25) is 0 Å². The first-order chi connectivity index (χ1) is 13.7. The highest BCUT2D eigenvalue weighted by molar-refractivity contribution is 5.79. The zero-order chi connectivity index (χ0) is 21.0. The minimum absolute atomic E-state index is 0.385. The topological polar surface area (TPSA) is 17.1 Å². The van der Waals surface area contributed by atoms with Gasteiger partial charge in [-0.15, -0.1) is 0 Å². The van der Waals surface area contributed by atoms with Gasteiger partial charge in [0.05, 0.1) is 0 Å². The molecule has 0 saturated heterocycles. The lowest BCUT2D eigenvalue weighted by Gasteiger charge is -2.57. The molecule has 4 rings (SSSR count). The van der Waals surface area contributed by atoms with Crippen molar-refractivity contribution in [3.63, 3.8) is 0 Å². The second kappa shape index (κ2) is 7.69. The number of ketones is 1. The Balaban J connectivity index is 1.55. The molecule has 0 amide bonds. The highest BCUT2D eigenvalue weighted by Gasteiger charge is 2.57. The molecule has 0 radical (unpaired) electrons. The number of allylic oxidation sites excluding steroid dienone is 4. The summed E-state index contributed by atoms with van der Waals surface area (Å²) in [7, 11) is 0. The van der Waals surface area contributed by atoms with Crippen LogP contribution in [-0.4, -0.2) is 5.78 Å². The third kappa shape index (κ3) is 3.49. The van der Waals surface area contributed by atoms with Crippen molar-refractivity contribution in [2.75, 3.05) is 0 Å². The molecule has 1 nitrogen and oxygen atoms in total. The minimum Gasteiger partial charge on any atom is -0.300 e. The molecule has 8 atom stereocenters. The van der Waals surface area contributed by atoms with Crippen LogP contribution in [-0.2, 0) is 4.79 Å². The fourth-order valence-corrected chi connectivity index (χ4v) is 7.91. The molecule has 0 bridgehead atoms. The van der Waals surface area contributed by atoms with Gasteiger partial charge in [-0.3, -0.25) is 4.79 Å². The van der Waals surface area contributed by atoms with Crippen LogP contribution in [0, 0.1) is 52.3 Å². The molecular weight excluding hydrogens is 352 g/mol. The maximum Gasteiger partial charge on any atom is 0.133 e. The smallest absolute Gasteiger partial charge is 0.133 e. The van der Waals surface area contributed by atoms with Gasteiger partial charge in [0.25, 0.3) is 0 Å². The molecule has 1 heteroatoms. The Hall–Kier alpha value is -0.850. The number of hydrogen-bond acceptors (Lipinski definition) is 1. The van der Waals surface area contributed by atoms with E-state index in [1.807, 2.05) is 5.57 Å². The van der Waals surface area contributed by atoms with Gasteiger partial charge in [-0.1, -0.05) is 65.3 Å². The van der Waals surface area contributed by atoms with Crippen molar-refractivity contribution < 1.29 is 4.79 Å². The average molecular weight is 397 g/mol. The lowest BCUT2D eigenvalue weighted by molar-refractivity contribution is -0.127. The van der Waals surface area contributed by atoms with Crippen LogP contribution in [0.15, 0.2) is 23.8 Å². The molecule has 3 saturated carbocycles. The summed E-state index contributed by atoms with van der Waals surface area (Å²) in [5.74, 6) is 5.57. The second-order valence-electron chi connectivity index (χ2n) is 12.1. The van der Waals surface area contributed by atoms with Crippen LogP contribution in [0.3, 0.4) is 0 Å². The second-order valence-corrected chi connectivity index (χ2v) is 12.1. The van der Waals surface area contributed by atoms with E-state index in [9.17, 15) is 4.79 Å². The van der Waals surface area contributed by atoms with Crippen molar-refractivity contribution in [1.29, 1.82) is 0 Å². The fourth-order valence-electron chi connectivity index (χ4n) is 7.91. The predicted octanol–water partition coefficient (Wildman–Crippen LogP) is 7.62. The molecule has 0 N–H and O–H groups in total. The Bertz CT molecular complexity index is 699. The van der Waals surface area contributed by atoms with Gasteiger partial charge in [-0.2, -0.15) is 0 Å². The van der Waals surface area contributed by atoms with E-state index in [0.717, 1.165) is 49.4 Å². The standard InChI is InChI=1S/C28H44O/c1-18(2)19(3)7-8-20(4)24-11-12-25-23-10-9-21-17-22(29)13-15-27(21,5)26(23)14-16-28(24,25)6/h7-8,10,18-21,24-26H,9,11-17H2,1-6H3/b8-7+/t19-,20-,21+,24+,25+,26+,27-,28+/m0/s1. The molecule has 0 aromatic rings. The molecule has 0 spiro atoms. The summed E-state index contributed by atoms with van der Waals surface area (Å²) in [6.45, 7) is 14.7. The van der Waals surface area contributed by atoms with E-state index in [4.69, 9.17) is 0 Å². The van der Waals surface area contributed by atoms with Gasteiger partial charge in [-0.05, 0) is 90.8 Å². The maximum absolute atomic E-state index is 12.1. The van der Waals surface area contributed by atoms with E-state index in [1.165, 1.54) is 25.7 Å². The number of fused-ring (bicyclic) bond motifs is 5. The van der Waals surface area contributed by atoms with Crippen LogP contribution in [0.5, 0.6) is 0 Å². The molecule has 0 unspecified atom stereocenters. The van der Waals surface area contributed by atoms with Gasteiger partial charge >= 0.3 is 0 Å². The molecule has 0 heterocycles. The summed E-state index contributed by atoms with van der Waals surface area (Å²) >= 11 is 0. The van der Waals surface area contributed by atoms with Crippen molar-refractivity contribution in [2.24, 2.45) is 52.3 Å². The SMILES string of the molecule is CC(C)[C@@H](C)/C=C/[C@H](C)[C@H]1CC[C@@H]2C3=CC[C@@H]4CC(=O)CC[C@]4(C)[C@@H]3CC[C@@]21C. The quantitative estimate of drug-likeness (QED) is 0.447. The third-order valence-electron chi connectivity index (χ3n) is 10.4. The van der Waals surface area contributed by atoms with E-state index >= 15 is 0 Å². The first-order valence-electron chi connectivity index (χ1n) is 12.6. The Morgan fingerprint density at radius 2 is 1.69 bits per heavy atom. The van der Waals surface area contributed by atoms with Gasteiger partial charge in [0, 0.05) is 12.8 Å². The highest BCUT2D eigenvalue weighted by atomic mass is 16.1. The van der Waals surface area contributed by atoms with E-state index in [0.29, 0.717) is 34.4 Å². The molecule has 29 heavy (non-hydrogen) atoms. The first kappa shape index (κ1) is 21.4. The highest BCUT2D eigenvalue weighted by Crippen LogP contribution is 2.66. The molecule has 0 aromatic heterocycles. The van der Waals surface area contributed by atoms with Gasteiger partial charge < -0.3 is 0 Å². The first-order valence-corrected chi connectivity index (χ1v) is 12.6. The van der Waals surface area contributed by atoms with Gasteiger partial charge in [-0.25, -0.2) is 0 Å². The van der Waals surface area contributed by atoms with Crippen molar-refractivity contribution in [3.05, 3.63) is 23.8 Å². The zero-order valence-corrected chi connectivity index (χ0v) is 19.8. The largest absolute Gasteiger partial charge is 0.300 e. The number of carbonyl (C=O) groups is 1. The zero-order valence-electron chi connectivity index (χ0n) is 19.8. The van der Waals surface area contributed by atoms with Crippen molar-refractivity contribution >= 4 is 5.78 Å². The van der Waals surface area contributed by atoms with E-state index in [2.05, 4.69) is 59.8 Å².